The highest BCUT2D eigenvalue weighted by molar-refractivity contribution is 6.30. The number of hydrogen-bond donors (Lipinski definition) is 1. The number of fused-ring (bicyclic) bond motifs is 1. The van der Waals surface area contributed by atoms with Crippen LogP contribution in [0.2, 0.25) is 5.02 Å². The second-order valence-corrected chi connectivity index (χ2v) is 4.39. The average Bonchev–Trinajstić information content (AvgIpc) is 2.41. The monoisotopic (exact) mass is 255 g/mol. The molecule has 18 heavy (non-hydrogen) atoms. The maximum atomic E-state index is 8.22. The van der Waals surface area contributed by atoms with Gasteiger partial charge >= 0.3 is 0 Å². The molecule has 0 saturated carbocycles. The molecule has 0 aliphatic carbocycles. The van der Waals surface area contributed by atoms with E-state index < -0.39 is 0 Å². The molecular formula is C14H10ClN3. The first-order valence-corrected chi connectivity index (χ1v) is 5.90. The summed E-state index contributed by atoms with van der Waals surface area (Å²) in [7, 11) is 0. The summed E-state index contributed by atoms with van der Waals surface area (Å²) in [6.07, 6.45) is 1.66. The van der Waals surface area contributed by atoms with Crippen LogP contribution >= 0.6 is 11.6 Å². The third-order valence-electron chi connectivity index (χ3n) is 2.82. The number of nitrogens with one attached hydrogen (secondary N) is 1. The predicted octanol–water partition coefficient (Wildman–Crippen LogP) is 3.16. The standard InChI is InChI=1S/C14H10ClN3/c15-10-5-7-11(8-6-10)18-9-17-13-4-2-1-3-12(13)14(18)16/h1-9,16H. The Morgan fingerprint density at radius 3 is 2.50 bits per heavy atom. The van der Waals surface area contributed by atoms with E-state index in [0.717, 1.165) is 16.6 Å². The number of para-hydroxylation sites is 1. The largest absolute Gasteiger partial charge is 0.285 e. The van der Waals surface area contributed by atoms with E-state index in [1.165, 1.54) is 0 Å². The highest BCUT2D eigenvalue weighted by atomic mass is 35.5. The maximum Gasteiger partial charge on any atom is 0.140 e. The summed E-state index contributed by atoms with van der Waals surface area (Å²) in [4.78, 5) is 4.35. The summed E-state index contributed by atoms with van der Waals surface area (Å²) in [6, 6.07) is 15.0. The van der Waals surface area contributed by atoms with Gasteiger partial charge in [-0.1, -0.05) is 23.7 Å². The van der Waals surface area contributed by atoms with Crippen molar-refractivity contribution in [1.82, 2.24) is 9.55 Å². The molecule has 88 valence electrons. The molecule has 3 rings (SSSR count). The summed E-state index contributed by atoms with van der Waals surface area (Å²) in [5, 5.41) is 9.73. The lowest BCUT2D eigenvalue weighted by atomic mass is 10.2. The lowest BCUT2D eigenvalue weighted by Gasteiger charge is -2.08. The molecule has 0 spiro atoms. The quantitative estimate of drug-likeness (QED) is 0.713. The first-order valence-electron chi connectivity index (χ1n) is 5.52. The van der Waals surface area contributed by atoms with Crippen LogP contribution in [0.15, 0.2) is 54.9 Å². The lowest BCUT2D eigenvalue weighted by Crippen LogP contribution is -2.18. The fourth-order valence-corrected chi connectivity index (χ4v) is 2.02. The van der Waals surface area contributed by atoms with Crippen LogP contribution in [0.3, 0.4) is 0 Å². The van der Waals surface area contributed by atoms with Gasteiger partial charge in [0.05, 0.1) is 5.52 Å². The van der Waals surface area contributed by atoms with Gasteiger partial charge < -0.3 is 0 Å². The van der Waals surface area contributed by atoms with Crippen molar-refractivity contribution < 1.29 is 0 Å². The van der Waals surface area contributed by atoms with E-state index in [-0.39, 0.29) is 0 Å². The van der Waals surface area contributed by atoms with Crippen LogP contribution in [0.5, 0.6) is 0 Å². The number of hydrogen-bond acceptors (Lipinski definition) is 2. The van der Waals surface area contributed by atoms with Crippen LogP contribution in [-0.2, 0) is 0 Å². The van der Waals surface area contributed by atoms with Gasteiger partial charge in [-0.05, 0) is 36.4 Å². The maximum absolute atomic E-state index is 8.22. The van der Waals surface area contributed by atoms with Crippen LogP contribution < -0.4 is 5.49 Å². The predicted molar refractivity (Wildman–Crippen MR) is 71.9 cm³/mol. The van der Waals surface area contributed by atoms with Crippen LogP contribution in [0.1, 0.15) is 0 Å². The molecule has 4 heteroatoms. The molecule has 2 aromatic carbocycles. The molecule has 0 amide bonds. The van der Waals surface area contributed by atoms with Crippen molar-refractivity contribution in [2.24, 2.45) is 0 Å². The van der Waals surface area contributed by atoms with Crippen LogP contribution in [0.25, 0.3) is 16.6 Å². The minimum Gasteiger partial charge on any atom is -0.285 e. The molecule has 0 unspecified atom stereocenters. The Kier molecular flexibility index (Phi) is 2.61. The third-order valence-corrected chi connectivity index (χ3v) is 3.07. The molecule has 0 saturated heterocycles. The van der Waals surface area contributed by atoms with E-state index in [1.54, 1.807) is 23.0 Å². The Labute approximate surface area is 109 Å². The number of halogens is 1. The number of rotatable bonds is 1. The second-order valence-electron chi connectivity index (χ2n) is 3.96. The van der Waals surface area contributed by atoms with Crippen LogP contribution in [0, 0.1) is 5.41 Å². The van der Waals surface area contributed by atoms with Gasteiger partial charge in [0.2, 0.25) is 0 Å². The van der Waals surface area contributed by atoms with Gasteiger partial charge in [0.15, 0.2) is 0 Å². The minimum atomic E-state index is 0.419. The van der Waals surface area contributed by atoms with Gasteiger partial charge in [-0.3, -0.25) is 9.98 Å². The first kappa shape index (κ1) is 11.0. The molecular weight excluding hydrogens is 246 g/mol. The Morgan fingerprint density at radius 2 is 1.72 bits per heavy atom. The van der Waals surface area contributed by atoms with Crippen molar-refractivity contribution in [2.75, 3.05) is 0 Å². The molecule has 0 bridgehead atoms. The van der Waals surface area contributed by atoms with Crippen molar-refractivity contribution in [1.29, 1.82) is 5.41 Å². The Bertz CT molecular complexity index is 760. The van der Waals surface area contributed by atoms with Crippen molar-refractivity contribution in [3.63, 3.8) is 0 Å². The van der Waals surface area contributed by atoms with E-state index in [9.17, 15) is 0 Å². The topological polar surface area (TPSA) is 41.7 Å². The highest BCUT2D eigenvalue weighted by Gasteiger charge is 2.02. The Morgan fingerprint density at radius 1 is 1.00 bits per heavy atom. The van der Waals surface area contributed by atoms with E-state index in [2.05, 4.69) is 4.98 Å². The Balaban J connectivity index is 2.27. The van der Waals surface area contributed by atoms with Gasteiger partial charge in [0.25, 0.3) is 0 Å². The lowest BCUT2D eigenvalue weighted by molar-refractivity contribution is 0.911. The van der Waals surface area contributed by atoms with Gasteiger partial charge in [0, 0.05) is 16.1 Å². The van der Waals surface area contributed by atoms with E-state index in [1.807, 2.05) is 36.4 Å². The summed E-state index contributed by atoms with van der Waals surface area (Å²) in [5.41, 5.74) is 2.12. The van der Waals surface area contributed by atoms with Crippen molar-refractivity contribution in [3.05, 3.63) is 65.4 Å². The fourth-order valence-electron chi connectivity index (χ4n) is 1.89. The van der Waals surface area contributed by atoms with Gasteiger partial charge in [0.1, 0.15) is 11.8 Å². The van der Waals surface area contributed by atoms with Crippen molar-refractivity contribution >= 4 is 22.5 Å². The molecule has 1 heterocycles. The van der Waals surface area contributed by atoms with Gasteiger partial charge in [-0.15, -0.1) is 0 Å². The average molecular weight is 256 g/mol. The zero-order valence-electron chi connectivity index (χ0n) is 9.47. The van der Waals surface area contributed by atoms with Crippen LogP contribution in [0.4, 0.5) is 0 Å². The molecule has 0 aliphatic rings. The Hall–Kier alpha value is -2.13. The highest BCUT2D eigenvalue weighted by Crippen LogP contribution is 2.13. The van der Waals surface area contributed by atoms with E-state index in [4.69, 9.17) is 17.0 Å². The molecule has 3 nitrogen and oxygen atoms in total. The summed E-state index contributed by atoms with van der Waals surface area (Å²) < 4.78 is 1.73. The molecule has 0 fully saturated rings. The normalized spacial score (nSPS) is 10.7. The SMILES string of the molecule is N=c1c2ccccc2ncn1-c1ccc(Cl)cc1. The zero-order valence-corrected chi connectivity index (χ0v) is 10.2. The smallest absolute Gasteiger partial charge is 0.140 e. The van der Waals surface area contributed by atoms with Gasteiger partial charge in [-0.25, -0.2) is 4.98 Å². The summed E-state index contributed by atoms with van der Waals surface area (Å²) in [5.74, 6) is 0. The van der Waals surface area contributed by atoms with Crippen molar-refractivity contribution in [2.45, 2.75) is 0 Å². The minimum absolute atomic E-state index is 0.419. The number of benzene rings is 2. The first-order chi connectivity index (χ1) is 8.75. The fraction of sp³-hybridized carbons (Fsp3) is 0. The summed E-state index contributed by atoms with van der Waals surface area (Å²) in [6.45, 7) is 0. The molecule has 1 N–H and O–H groups in total. The number of nitrogens with zero attached hydrogens (tertiary/aromatic N) is 2. The number of aromatic nitrogens is 2. The molecule has 0 radical (unpaired) electrons. The molecule has 0 atom stereocenters. The summed E-state index contributed by atoms with van der Waals surface area (Å²) >= 11 is 5.86. The zero-order chi connectivity index (χ0) is 12.5. The van der Waals surface area contributed by atoms with Gasteiger partial charge in [-0.2, -0.15) is 0 Å². The van der Waals surface area contributed by atoms with Crippen LogP contribution in [-0.4, -0.2) is 9.55 Å². The third kappa shape index (κ3) is 1.79. The van der Waals surface area contributed by atoms with Crippen molar-refractivity contribution in [3.8, 4) is 5.69 Å². The van der Waals surface area contributed by atoms with E-state index >= 15 is 0 Å². The molecule has 0 aliphatic heterocycles. The molecule has 1 aromatic heterocycles. The van der Waals surface area contributed by atoms with E-state index in [0.29, 0.717) is 10.5 Å². The molecule has 3 aromatic rings. The second kappa shape index (κ2) is 4.27.